The van der Waals surface area contributed by atoms with Gasteiger partial charge in [-0.1, -0.05) is 24.3 Å². The van der Waals surface area contributed by atoms with Crippen LogP contribution < -0.4 is 0 Å². The molecular formula is C8H12S. The minimum atomic E-state index is 0.644. The minimum Gasteiger partial charge on any atom is -0.143 e. The Bertz CT molecular complexity index is 136. The van der Waals surface area contributed by atoms with E-state index in [4.69, 9.17) is 0 Å². The smallest absolute Gasteiger partial charge is 0.0413 e. The lowest BCUT2D eigenvalue weighted by Crippen LogP contribution is -1.89. The van der Waals surface area contributed by atoms with Crippen molar-refractivity contribution in [2.24, 2.45) is 0 Å². The molecule has 1 heterocycles. The van der Waals surface area contributed by atoms with Gasteiger partial charge >= 0.3 is 0 Å². The number of rotatable bonds is 1. The molecule has 0 fully saturated rings. The third-order valence-corrected chi connectivity index (χ3v) is 2.54. The van der Waals surface area contributed by atoms with Crippen molar-refractivity contribution in [1.82, 2.24) is 0 Å². The van der Waals surface area contributed by atoms with Gasteiger partial charge in [0, 0.05) is 10.5 Å². The van der Waals surface area contributed by atoms with Crippen LogP contribution in [0.2, 0.25) is 0 Å². The van der Waals surface area contributed by atoms with Crippen LogP contribution in [0, 0.1) is 0 Å². The Morgan fingerprint density at radius 2 is 2.22 bits per heavy atom. The Hall–Kier alpha value is -0.170. The van der Waals surface area contributed by atoms with Gasteiger partial charge in [-0.25, -0.2) is 0 Å². The van der Waals surface area contributed by atoms with Gasteiger partial charge in [0.15, 0.2) is 0 Å². The van der Waals surface area contributed by atoms with E-state index in [0.29, 0.717) is 10.5 Å². The van der Waals surface area contributed by atoms with Gasteiger partial charge in [-0.3, -0.25) is 0 Å². The standard InChI is InChI=1S/C8H12S/c1-3-4-8-6-5-7(2)9-8/h3-8H,1-2H3/b4-3+. The molecule has 0 aromatic carbocycles. The lowest BCUT2D eigenvalue weighted by Gasteiger charge is -2.00. The van der Waals surface area contributed by atoms with Crippen LogP contribution in [0.1, 0.15) is 13.8 Å². The normalized spacial score (nSPS) is 34.4. The predicted octanol–water partition coefficient (Wildman–Crippen LogP) is 2.62. The van der Waals surface area contributed by atoms with E-state index in [0.717, 1.165) is 0 Å². The Morgan fingerprint density at radius 1 is 1.44 bits per heavy atom. The molecule has 1 rings (SSSR count). The van der Waals surface area contributed by atoms with Crippen molar-refractivity contribution >= 4 is 11.8 Å². The molecule has 0 saturated carbocycles. The van der Waals surface area contributed by atoms with Crippen molar-refractivity contribution in [3.05, 3.63) is 24.3 Å². The summed E-state index contributed by atoms with van der Waals surface area (Å²) in [4.78, 5) is 0. The topological polar surface area (TPSA) is 0 Å². The van der Waals surface area contributed by atoms with Crippen LogP contribution in [-0.2, 0) is 0 Å². The first-order valence-electron chi connectivity index (χ1n) is 3.29. The highest BCUT2D eigenvalue weighted by Crippen LogP contribution is 2.27. The van der Waals surface area contributed by atoms with Crippen LogP contribution in [0.4, 0.5) is 0 Å². The average Bonchev–Trinajstić information content (AvgIpc) is 2.17. The molecule has 9 heavy (non-hydrogen) atoms. The molecule has 0 N–H and O–H groups in total. The quantitative estimate of drug-likeness (QED) is 0.504. The van der Waals surface area contributed by atoms with Gasteiger partial charge in [0.2, 0.25) is 0 Å². The first kappa shape index (κ1) is 6.94. The second kappa shape index (κ2) is 3.11. The lowest BCUT2D eigenvalue weighted by atomic mass is 10.3. The van der Waals surface area contributed by atoms with E-state index in [-0.39, 0.29) is 0 Å². The number of thioether (sulfide) groups is 1. The second-order valence-electron chi connectivity index (χ2n) is 2.22. The van der Waals surface area contributed by atoms with E-state index < -0.39 is 0 Å². The zero-order valence-corrected chi connectivity index (χ0v) is 6.69. The number of hydrogen-bond donors (Lipinski definition) is 0. The molecule has 0 saturated heterocycles. The van der Waals surface area contributed by atoms with Gasteiger partial charge in [-0.05, 0) is 13.8 Å². The molecule has 0 aromatic rings. The van der Waals surface area contributed by atoms with Gasteiger partial charge in [0.05, 0.1) is 0 Å². The minimum absolute atomic E-state index is 0.644. The maximum Gasteiger partial charge on any atom is 0.0413 e. The van der Waals surface area contributed by atoms with Crippen molar-refractivity contribution in [2.45, 2.75) is 24.3 Å². The first-order valence-corrected chi connectivity index (χ1v) is 4.24. The highest BCUT2D eigenvalue weighted by molar-refractivity contribution is 8.01. The number of allylic oxidation sites excluding steroid dienone is 1. The summed E-state index contributed by atoms with van der Waals surface area (Å²) in [5.41, 5.74) is 0. The van der Waals surface area contributed by atoms with Crippen molar-refractivity contribution in [3.8, 4) is 0 Å². The van der Waals surface area contributed by atoms with Crippen LogP contribution >= 0.6 is 11.8 Å². The molecular weight excluding hydrogens is 128 g/mol. The summed E-state index contributed by atoms with van der Waals surface area (Å²) in [5.74, 6) is 0. The van der Waals surface area contributed by atoms with E-state index in [1.165, 1.54) is 0 Å². The third-order valence-electron chi connectivity index (χ3n) is 1.33. The summed E-state index contributed by atoms with van der Waals surface area (Å²) < 4.78 is 0. The summed E-state index contributed by atoms with van der Waals surface area (Å²) in [6, 6.07) is 0. The molecule has 1 aliphatic rings. The molecule has 1 aliphatic heterocycles. The maximum absolute atomic E-state index is 2.26. The molecule has 1 heteroatoms. The van der Waals surface area contributed by atoms with E-state index in [2.05, 4.69) is 38.2 Å². The molecule has 50 valence electrons. The molecule has 0 bridgehead atoms. The van der Waals surface area contributed by atoms with E-state index in [1.807, 2.05) is 11.8 Å². The van der Waals surface area contributed by atoms with E-state index in [1.54, 1.807) is 0 Å². The Labute approximate surface area is 61.0 Å². The zero-order chi connectivity index (χ0) is 6.69. The van der Waals surface area contributed by atoms with Gasteiger partial charge in [-0.2, -0.15) is 0 Å². The molecule has 0 aromatic heterocycles. The van der Waals surface area contributed by atoms with Crippen molar-refractivity contribution < 1.29 is 0 Å². The largest absolute Gasteiger partial charge is 0.143 e. The summed E-state index contributed by atoms with van der Waals surface area (Å²) >= 11 is 1.99. The van der Waals surface area contributed by atoms with Crippen molar-refractivity contribution in [2.75, 3.05) is 0 Å². The molecule has 0 nitrogen and oxygen atoms in total. The highest BCUT2D eigenvalue weighted by atomic mass is 32.2. The van der Waals surface area contributed by atoms with Crippen molar-refractivity contribution in [3.63, 3.8) is 0 Å². The fourth-order valence-electron chi connectivity index (χ4n) is 0.904. The van der Waals surface area contributed by atoms with E-state index in [9.17, 15) is 0 Å². The van der Waals surface area contributed by atoms with Crippen LogP contribution in [0.25, 0.3) is 0 Å². The summed E-state index contributed by atoms with van der Waals surface area (Å²) in [6.07, 6.45) is 8.86. The predicted molar refractivity (Wildman–Crippen MR) is 44.8 cm³/mol. The molecule has 0 aliphatic carbocycles. The fraction of sp³-hybridized carbons (Fsp3) is 0.500. The third kappa shape index (κ3) is 1.90. The molecule has 0 amide bonds. The molecule has 2 unspecified atom stereocenters. The first-order chi connectivity index (χ1) is 4.33. The van der Waals surface area contributed by atoms with Gasteiger partial charge < -0.3 is 0 Å². The highest BCUT2D eigenvalue weighted by Gasteiger charge is 2.11. The molecule has 0 spiro atoms. The molecule has 2 atom stereocenters. The lowest BCUT2D eigenvalue weighted by molar-refractivity contribution is 1.27. The second-order valence-corrected chi connectivity index (χ2v) is 3.78. The Kier molecular flexibility index (Phi) is 2.40. The van der Waals surface area contributed by atoms with Gasteiger partial charge in [-0.15, -0.1) is 11.8 Å². The van der Waals surface area contributed by atoms with Crippen LogP contribution in [-0.4, -0.2) is 10.5 Å². The summed E-state index contributed by atoms with van der Waals surface area (Å²) in [7, 11) is 0. The Morgan fingerprint density at radius 3 is 2.67 bits per heavy atom. The fourth-order valence-corrected chi connectivity index (χ4v) is 2.01. The van der Waals surface area contributed by atoms with Crippen molar-refractivity contribution in [1.29, 1.82) is 0 Å². The van der Waals surface area contributed by atoms with Crippen LogP contribution in [0.15, 0.2) is 24.3 Å². The SMILES string of the molecule is C/C=C/C1C=CC(C)S1. The molecule has 0 radical (unpaired) electrons. The average molecular weight is 140 g/mol. The monoisotopic (exact) mass is 140 g/mol. The van der Waals surface area contributed by atoms with E-state index >= 15 is 0 Å². The maximum atomic E-state index is 2.26. The van der Waals surface area contributed by atoms with Crippen LogP contribution in [0.5, 0.6) is 0 Å². The van der Waals surface area contributed by atoms with Crippen LogP contribution in [0.3, 0.4) is 0 Å². The summed E-state index contributed by atoms with van der Waals surface area (Å²) in [5, 5.41) is 1.36. The van der Waals surface area contributed by atoms with Gasteiger partial charge in [0.1, 0.15) is 0 Å². The Balaban J connectivity index is 2.41. The van der Waals surface area contributed by atoms with Gasteiger partial charge in [0.25, 0.3) is 0 Å². The summed E-state index contributed by atoms with van der Waals surface area (Å²) in [6.45, 7) is 4.29. The number of hydrogen-bond acceptors (Lipinski definition) is 1. The zero-order valence-electron chi connectivity index (χ0n) is 5.87.